The first-order valence-corrected chi connectivity index (χ1v) is 10.3. The number of hydrogen-bond donors (Lipinski definition) is 2. The minimum atomic E-state index is -4.47. The first-order chi connectivity index (χ1) is 16.3. The van der Waals surface area contributed by atoms with Crippen LogP contribution in [0.4, 0.5) is 24.8 Å². The number of carbonyl (C=O) groups excluding carboxylic acids is 1. The summed E-state index contributed by atoms with van der Waals surface area (Å²) < 4.78 is 39.8. The molecule has 0 aliphatic rings. The molecule has 0 aliphatic carbocycles. The van der Waals surface area contributed by atoms with E-state index in [2.05, 4.69) is 25.7 Å². The number of alkyl halides is 3. The van der Waals surface area contributed by atoms with E-state index in [1.165, 1.54) is 12.3 Å². The predicted octanol–water partition coefficient (Wildman–Crippen LogP) is 4.84. The van der Waals surface area contributed by atoms with Crippen molar-refractivity contribution in [1.82, 2.24) is 25.1 Å². The Morgan fingerprint density at radius 1 is 1.00 bits per heavy atom. The minimum absolute atomic E-state index is 0.488. The Hall–Kier alpha value is -4.05. The molecule has 2 heterocycles. The number of benzene rings is 2. The molecule has 0 saturated carbocycles. The second-order valence-electron chi connectivity index (χ2n) is 7.58. The maximum Gasteiger partial charge on any atom is 0.433 e. The molecule has 2 aromatic carbocycles. The van der Waals surface area contributed by atoms with Crippen molar-refractivity contribution in [2.45, 2.75) is 12.7 Å². The predicted molar refractivity (Wildman–Crippen MR) is 123 cm³/mol. The van der Waals surface area contributed by atoms with Crippen molar-refractivity contribution < 1.29 is 18.0 Å². The lowest BCUT2D eigenvalue weighted by atomic mass is 10.1. The first kappa shape index (κ1) is 23.1. The van der Waals surface area contributed by atoms with Crippen LogP contribution >= 0.6 is 0 Å². The summed E-state index contributed by atoms with van der Waals surface area (Å²) in [7, 11) is 3.57. The number of halogens is 3. The van der Waals surface area contributed by atoms with Crippen LogP contribution in [0.5, 0.6) is 0 Å². The van der Waals surface area contributed by atoms with E-state index < -0.39 is 11.9 Å². The van der Waals surface area contributed by atoms with E-state index in [1.54, 1.807) is 48.1 Å². The largest absolute Gasteiger partial charge is 0.433 e. The Morgan fingerprint density at radius 2 is 1.71 bits per heavy atom. The quantitative estimate of drug-likeness (QED) is 0.379. The fourth-order valence-electron chi connectivity index (χ4n) is 3.43. The number of hydrogen-bond acceptors (Lipinski definition) is 6. The Balaban J connectivity index is 1.53. The number of rotatable bonds is 7. The summed E-state index contributed by atoms with van der Waals surface area (Å²) in [6, 6.07) is 14.9. The maximum absolute atomic E-state index is 12.7. The van der Waals surface area contributed by atoms with Crippen LogP contribution < -0.4 is 10.6 Å². The second kappa shape index (κ2) is 9.44. The summed E-state index contributed by atoms with van der Waals surface area (Å²) in [4.78, 5) is 19.3. The maximum atomic E-state index is 12.7. The van der Waals surface area contributed by atoms with Gasteiger partial charge in [-0.3, -0.25) is 9.78 Å². The van der Waals surface area contributed by atoms with Gasteiger partial charge < -0.3 is 10.6 Å². The van der Waals surface area contributed by atoms with Crippen molar-refractivity contribution >= 4 is 17.9 Å². The van der Waals surface area contributed by atoms with Crippen LogP contribution in [-0.4, -0.2) is 33.1 Å². The van der Waals surface area contributed by atoms with Gasteiger partial charge in [-0.15, -0.1) is 5.10 Å². The number of nitrogens with zero attached hydrogens (tertiary/aromatic N) is 4. The number of aldehydes is 1. The van der Waals surface area contributed by atoms with E-state index in [9.17, 15) is 18.0 Å². The van der Waals surface area contributed by atoms with Crippen LogP contribution in [0.15, 0.2) is 60.8 Å². The first-order valence-electron chi connectivity index (χ1n) is 10.3. The van der Waals surface area contributed by atoms with Crippen LogP contribution in [0.25, 0.3) is 22.5 Å². The molecule has 2 N–H and O–H groups in total. The zero-order chi connectivity index (χ0) is 24.3. The molecule has 0 unspecified atom stereocenters. The Bertz CT molecular complexity index is 1300. The summed E-state index contributed by atoms with van der Waals surface area (Å²) in [6.07, 6.45) is -2.44. The van der Waals surface area contributed by atoms with Gasteiger partial charge in [-0.05, 0) is 42.4 Å². The molecule has 0 saturated heterocycles. The second-order valence-corrected chi connectivity index (χ2v) is 7.58. The van der Waals surface area contributed by atoms with Crippen molar-refractivity contribution in [1.29, 1.82) is 0 Å². The molecule has 0 aliphatic heterocycles. The Kier molecular flexibility index (Phi) is 6.42. The Morgan fingerprint density at radius 3 is 2.32 bits per heavy atom. The number of carbonyl (C=O) groups is 1. The zero-order valence-electron chi connectivity index (χ0n) is 18.4. The monoisotopic (exact) mass is 466 g/mol. The number of aromatic nitrogens is 4. The summed E-state index contributed by atoms with van der Waals surface area (Å²) in [5.74, 6) is 1.00. The van der Waals surface area contributed by atoms with Gasteiger partial charge in [0, 0.05) is 42.2 Å². The standard InChI is InChI=1S/C24H21F3N6O/c1-28-12-19-11-20(9-7-18(19)14-34)30-23-31-22(32-33(23)2)16-5-3-15(4-6-16)17-8-10-21(29-13-17)24(25,26)27/h3-11,13-14,28H,12H2,1-2H3,(H,30,31,32). The van der Waals surface area contributed by atoms with Crippen LogP contribution in [0.3, 0.4) is 0 Å². The van der Waals surface area contributed by atoms with Gasteiger partial charge in [0.25, 0.3) is 0 Å². The highest BCUT2D eigenvalue weighted by atomic mass is 19.4. The average Bonchev–Trinajstić information content (AvgIpc) is 3.19. The van der Waals surface area contributed by atoms with Crippen molar-refractivity contribution in [3.63, 3.8) is 0 Å². The molecule has 0 amide bonds. The van der Waals surface area contributed by atoms with Crippen LogP contribution in [0.1, 0.15) is 21.6 Å². The number of aryl methyl sites for hydroxylation is 1. The third-order valence-electron chi connectivity index (χ3n) is 5.19. The third kappa shape index (κ3) is 4.96. The van der Waals surface area contributed by atoms with E-state index in [-0.39, 0.29) is 0 Å². The molecular weight excluding hydrogens is 445 g/mol. The van der Waals surface area contributed by atoms with Crippen molar-refractivity contribution in [3.05, 3.63) is 77.6 Å². The molecule has 4 aromatic rings. The smallest absolute Gasteiger partial charge is 0.324 e. The molecule has 174 valence electrons. The van der Waals surface area contributed by atoms with Crippen LogP contribution in [0.2, 0.25) is 0 Å². The van der Waals surface area contributed by atoms with Gasteiger partial charge in [0.15, 0.2) is 5.82 Å². The SMILES string of the molecule is CNCc1cc(Nc2nc(-c3ccc(-c4ccc(C(F)(F)F)nc4)cc3)nn2C)ccc1C=O. The highest BCUT2D eigenvalue weighted by molar-refractivity contribution is 5.79. The van der Waals surface area contributed by atoms with Gasteiger partial charge in [-0.1, -0.05) is 30.3 Å². The summed E-state index contributed by atoms with van der Waals surface area (Å²) in [5.41, 5.74) is 3.37. The molecule has 2 aromatic heterocycles. The Labute approximate surface area is 193 Å². The fraction of sp³-hybridized carbons (Fsp3) is 0.167. The summed E-state index contributed by atoms with van der Waals surface area (Å²) >= 11 is 0. The number of anilines is 2. The lowest BCUT2D eigenvalue weighted by Crippen LogP contribution is -2.08. The molecule has 0 spiro atoms. The molecule has 0 atom stereocenters. The van der Waals surface area contributed by atoms with Gasteiger partial charge in [0.2, 0.25) is 5.95 Å². The molecule has 34 heavy (non-hydrogen) atoms. The lowest BCUT2D eigenvalue weighted by molar-refractivity contribution is -0.141. The van der Waals surface area contributed by atoms with Crippen LogP contribution in [0, 0.1) is 0 Å². The van der Waals surface area contributed by atoms with E-state index in [0.29, 0.717) is 29.4 Å². The van der Waals surface area contributed by atoms with Gasteiger partial charge in [-0.2, -0.15) is 18.2 Å². The summed E-state index contributed by atoms with van der Waals surface area (Å²) in [6.45, 7) is 0.550. The fourth-order valence-corrected chi connectivity index (χ4v) is 3.43. The van der Waals surface area contributed by atoms with E-state index in [0.717, 1.165) is 34.7 Å². The van der Waals surface area contributed by atoms with Crippen molar-refractivity contribution in [2.75, 3.05) is 12.4 Å². The van der Waals surface area contributed by atoms with Gasteiger partial charge in [0.1, 0.15) is 12.0 Å². The lowest BCUT2D eigenvalue weighted by Gasteiger charge is -2.09. The highest BCUT2D eigenvalue weighted by Crippen LogP contribution is 2.30. The van der Waals surface area contributed by atoms with Crippen molar-refractivity contribution in [3.8, 4) is 22.5 Å². The summed E-state index contributed by atoms with van der Waals surface area (Å²) in [5, 5.41) is 10.7. The molecule has 4 rings (SSSR count). The molecular formula is C24H21F3N6O. The molecule has 7 nitrogen and oxygen atoms in total. The average molecular weight is 466 g/mol. The molecule has 0 radical (unpaired) electrons. The topological polar surface area (TPSA) is 84.7 Å². The van der Waals surface area contributed by atoms with E-state index in [1.807, 2.05) is 13.1 Å². The van der Waals surface area contributed by atoms with Gasteiger partial charge in [-0.25, -0.2) is 4.68 Å². The normalized spacial score (nSPS) is 11.4. The van der Waals surface area contributed by atoms with Crippen LogP contribution in [-0.2, 0) is 19.8 Å². The molecule has 0 fully saturated rings. The van der Waals surface area contributed by atoms with Crippen molar-refractivity contribution in [2.24, 2.45) is 7.05 Å². The molecule has 0 bridgehead atoms. The number of nitrogens with one attached hydrogen (secondary N) is 2. The van der Waals surface area contributed by atoms with Gasteiger partial charge >= 0.3 is 6.18 Å². The van der Waals surface area contributed by atoms with E-state index in [4.69, 9.17) is 0 Å². The zero-order valence-corrected chi connectivity index (χ0v) is 18.4. The number of pyridine rings is 1. The van der Waals surface area contributed by atoms with Gasteiger partial charge in [0.05, 0.1) is 0 Å². The van der Waals surface area contributed by atoms with E-state index >= 15 is 0 Å². The molecule has 10 heteroatoms. The third-order valence-corrected chi connectivity index (χ3v) is 5.19. The highest BCUT2D eigenvalue weighted by Gasteiger charge is 2.32. The minimum Gasteiger partial charge on any atom is -0.324 e.